The number of rotatable bonds is 2. The second kappa shape index (κ2) is 5.51. The first-order valence-corrected chi connectivity index (χ1v) is 7.65. The number of para-hydroxylation sites is 1. The summed E-state index contributed by atoms with van der Waals surface area (Å²) in [5.74, 6) is 0.411. The van der Waals surface area contributed by atoms with Crippen LogP contribution in [0.1, 0.15) is 21.5 Å². The van der Waals surface area contributed by atoms with Crippen molar-refractivity contribution in [3.8, 4) is 5.75 Å². The molecular formula is C20H15NO3. The Morgan fingerprint density at radius 3 is 2.54 bits per heavy atom. The van der Waals surface area contributed by atoms with E-state index in [0.29, 0.717) is 17.1 Å². The summed E-state index contributed by atoms with van der Waals surface area (Å²) in [6.45, 7) is 0. The maximum absolute atomic E-state index is 11.7. The van der Waals surface area contributed by atoms with Crippen LogP contribution in [0.2, 0.25) is 0 Å². The molecule has 2 aromatic rings. The summed E-state index contributed by atoms with van der Waals surface area (Å²) in [7, 11) is 0. The van der Waals surface area contributed by atoms with Gasteiger partial charge in [0, 0.05) is 22.8 Å². The molecule has 1 atom stereocenters. The Balaban J connectivity index is 2.05. The predicted molar refractivity (Wildman–Crippen MR) is 91.7 cm³/mol. The first-order chi connectivity index (χ1) is 11.6. The molecule has 0 radical (unpaired) electrons. The molecule has 0 fully saturated rings. The van der Waals surface area contributed by atoms with E-state index >= 15 is 0 Å². The lowest BCUT2D eigenvalue weighted by molar-refractivity contribution is 0.0696. The maximum atomic E-state index is 11.7. The Morgan fingerprint density at radius 1 is 1.04 bits per heavy atom. The second-order valence-electron chi connectivity index (χ2n) is 5.71. The number of nitrogens with two attached hydrogens (primary N) is 1. The predicted octanol–water partition coefficient (Wildman–Crippen LogP) is 3.36. The molecule has 0 bridgehead atoms. The first-order valence-electron chi connectivity index (χ1n) is 7.65. The van der Waals surface area contributed by atoms with E-state index in [4.69, 9.17) is 10.5 Å². The number of carbonyl (C=O) groups is 1. The molecule has 0 amide bonds. The van der Waals surface area contributed by atoms with Gasteiger partial charge in [-0.05, 0) is 23.8 Å². The zero-order valence-corrected chi connectivity index (χ0v) is 12.8. The Morgan fingerprint density at radius 2 is 1.75 bits per heavy atom. The molecule has 1 aliphatic carbocycles. The zero-order chi connectivity index (χ0) is 16.7. The van der Waals surface area contributed by atoms with Crippen LogP contribution in [0.15, 0.2) is 78.1 Å². The lowest BCUT2D eigenvalue weighted by Crippen LogP contribution is -2.21. The molecule has 1 unspecified atom stereocenters. The number of hydrogen-bond donors (Lipinski definition) is 2. The molecule has 0 aromatic heterocycles. The van der Waals surface area contributed by atoms with Crippen molar-refractivity contribution in [3.05, 3.63) is 94.8 Å². The molecule has 1 heterocycles. The molecule has 118 valence electrons. The average Bonchev–Trinajstić information content (AvgIpc) is 2.59. The number of carboxylic acid groups (broad SMARTS) is 1. The van der Waals surface area contributed by atoms with Gasteiger partial charge in [0.25, 0.3) is 0 Å². The summed E-state index contributed by atoms with van der Waals surface area (Å²) in [5, 5.41) is 9.58. The third-order valence-electron chi connectivity index (χ3n) is 4.17. The van der Waals surface area contributed by atoms with Crippen molar-refractivity contribution in [2.75, 3.05) is 0 Å². The second-order valence-corrected chi connectivity index (χ2v) is 5.71. The van der Waals surface area contributed by atoms with Gasteiger partial charge in [-0.2, -0.15) is 0 Å². The van der Waals surface area contributed by atoms with Gasteiger partial charge in [0.05, 0.1) is 5.56 Å². The maximum Gasteiger partial charge on any atom is 0.336 e. The minimum Gasteiger partial charge on any atom is -0.478 e. The Labute approximate surface area is 139 Å². The third-order valence-corrected chi connectivity index (χ3v) is 4.17. The number of allylic oxidation sites excluding steroid dienone is 1. The van der Waals surface area contributed by atoms with Crippen molar-refractivity contribution in [1.29, 1.82) is 0 Å². The number of ether oxygens (including phenoxy) is 1. The summed E-state index contributed by atoms with van der Waals surface area (Å²) < 4.78 is 5.98. The van der Waals surface area contributed by atoms with E-state index in [-0.39, 0.29) is 11.6 Å². The van der Waals surface area contributed by atoms with Crippen molar-refractivity contribution in [1.82, 2.24) is 0 Å². The van der Waals surface area contributed by atoms with Crippen LogP contribution in [-0.4, -0.2) is 17.1 Å². The van der Waals surface area contributed by atoms with Crippen LogP contribution >= 0.6 is 0 Å². The van der Waals surface area contributed by atoms with Crippen LogP contribution in [-0.2, 0) is 0 Å². The van der Waals surface area contributed by atoms with Gasteiger partial charge in [0.2, 0.25) is 0 Å². The lowest BCUT2D eigenvalue weighted by Gasteiger charge is -2.28. The van der Waals surface area contributed by atoms with Gasteiger partial charge in [-0.3, -0.25) is 0 Å². The number of aromatic carboxylic acids is 1. The Bertz CT molecular complexity index is 937. The van der Waals surface area contributed by atoms with Gasteiger partial charge in [0.1, 0.15) is 11.5 Å². The molecule has 4 rings (SSSR count). The van der Waals surface area contributed by atoms with E-state index in [0.717, 1.165) is 16.7 Å². The molecule has 2 aromatic carbocycles. The highest BCUT2D eigenvalue weighted by Crippen LogP contribution is 2.43. The number of fused-ring (bicyclic) bond motifs is 2. The lowest BCUT2D eigenvalue weighted by atomic mass is 9.85. The van der Waals surface area contributed by atoms with Crippen LogP contribution in [0.3, 0.4) is 0 Å². The van der Waals surface area contributed by atoms with E-state index in [1.54, 1.807) is 12.1 Å². The molecule has 24 heavy (non-hydrogen) atoms. The molecule has 3 N–H and O–H groups in total. The van der Waals surface area contributed by atoms with Crippen LogP contribution in [0, 0.1) is 0 Å². The number of hydrogen-bond acceptors (Lipinski definition) is 3. The molecule has 2 aliphatic rings. The normalized spacial score (nSPS) is 18.4. The minimum absolute atomic E-state index is 0.218. The highest BCUT2D eigenvalue weighted by atomic mass is 16.5. The van der Waals surface area contributed by atoms with E-state index in [9.17, 15) is 9.90 Å². The number of benzene rings is 2. The summed E-state index contributed by atoms with van der Waals surface area (Å²) in [5.41, 5.74) is 9.47. The van der Waals surface area contributed by atoms with Gasteiger partial charge in [0.15, 0.2) is 0 Å². The van der Waals surface area contributed by atoms with Crippen molar-refractivity contribution < 1.29 is 14.6 Å². The fourth-order valence-electron chi connectivity index (χ4n) is 3.11. The quantitative estimate of drug-likeness (QED) is 0.891. The number of carboxylic acids is 1. The molecule has 4 heteroatoms. The van der Waals surface area contributed by atoms with Crippen molar-refractivity contribution in [3.63, 3.8) is 0 Å². The van der Waals surface area contributed by atoms with E-state index < -0.39 is 5.97 Å². The van der Waals surface area contributed by atoms with Gasteiger partial charge >= 0.3 is 5.97 Å². The van der Waals surface area contributed by atoms with E-state index in [2.05, 4.69) is 0 Å². The highest BCUT2D eigenvalue weighted by molar-refractivity contribution is 6.00. The fourth-order valence-corrected chi connectivity index (χ4v) is 3.11. The zero-order valence-electron chi connectivity index (χ0n) is 12.8. The summed E-state index contributed by atoms with van der Waals surface area (Å²) >= 11 is 0. The van der Waals surface area contributed by atoms with Crippen molar-refractivity contribution in [2.24, 2.45) is 5.73 Å². The highest BCUT2D eigenvalue weighted by Gasteiger charge is 2.28. The van der Waals surface area contributed by atoms with Gasteiger partial charge < -0.3 is 15.6 Å². The van der Waals surface area contributed by atoms with Gasteiger partial charge in [-0.1, -0.05) is 48.6 Å². The molecule has 4 nitrogen and oxygen atoms in total. The van der Waals surface area contributed by atoms with Gasteiger partial charge in [-0.15, -0.1) is 0 Å². The Kier molecular flexibility index (Phi) is 3.32. The molecule has 0 spiro atoms. The van der Waals surface area contributed by atoms with E-state index in [1.165, 1.54) is 0 Å². The first kappa shape index (κ1) is 14.5. The standard InChI is InChI=1S/C20H15NO3/c21-12-9-10-16-18(11-12)24-17-8-4-3-7-15(17)19(16)13-5-1-2-6-14(13)20(22)23/h1-12H,21H2,(H,22,23). The van der Waals surface area contributed by atoms with Gasteiger partial charge in [-0.25, -0.2) is 4.79 Å². The molecular weight excluding hydrogens is 302 g/mol. The minimum atomic E-state index is -0.954. The largest absolute Gasteiger partial charge is 0.478 e. The van der Waals surface area contributed by atoms with Crippen LogP contribution in [0.4, 0.5) is 0 Å². The van der Waals surface area contributed by atoms with Crippen LogP contribution < -0.4 is 10.5 Å². The van der Waals surface area contributed by atoms with E-state index in [1.807, 2.05) is 54.6 Å². The average molecular weight is 317 g/mol. The van der Waals surface area contributed by atoms with Crippen LogP contribution in [0.25, 0.3) is 5.57 Å². The summed E-state index contributed by atoms with van der Waals surface area (Å²) in [6, 6.07) is 14.4. The fraction of sp³-hybridized carbons (Fsp3) is 0.0500. The molecule has 0 saturated heterocycles. The Hall–Kier alpha value is -3.11. The van der Waals surface area contributed by atoms with Crippen molar-refractivity contribution in [2.45, 2.75) is 6.04 Å². The van der Waals surface area contributed by atoms with Crippen LogP contribution in [0.5, 0.6) is 5.75 Å². The summed E-state index contributed by atoms with van der Waals surface area (Å²) in [6.07, 6.45) is 5.62. The SMILES string of the molecule is NC1C=CC2=C(c3ccccc3C(=O)O)c3ccccc3OC2=C1. The molecule has 0 saturated carbocycles. The third kappa shape index (κ3) is 2.25. The summed E-state index contributed by atoms with van der Waals surface area (Å²) in [4.78, 5) is 11.7. The topological polar surface area (TPSA) is 72.6 Å². The van der Waals surface area contributed by atoms with Crippen molar-refractivity contribution >= 4 is 11.5 Å². The smallest absolute Gasteiger partial charge is 0.336 e. The molecule has 1 aliphatic heterocycles. The monoisotopic (exact) mass is 317 g/mol.